The number of ether oxygens (including phenoxy) is 2. The molecule has 0 N–H and O–H groups in total. The zero-order chi connectivity index (χ0) is 21.2. The van der Waals surface area contributed by atoms with Crippen molar-refractivity contribution in [3.63, 3.8) is 0 Å². The molecule has 1 unspecified atom stereocenters. The molecule has 2 fully saturated rings. The number of hydrogen-bond acceptors (Lipinski definition) is 3. The van der Waals surface area contributed by atoms with Crippen LogP contribution in [0.2, 0.25) is 0 Å². The van der Waals surface area contributed by atoms with Gasteiger partial charge in [0.2, 0.25) is 0 Å². The molecule has 0 spiro atoms. The molecule has 2 aliphatic rings. The first-order valence-electron chi connectivity index (χ1n) is 11.2. The molecule has 1 aliphatic carbocycles. The average Bonchev–Trinajstić information content (AvgIpc) is 3.27. The zero-order valence-electron chi connectivity index (χ0n) is 19.0. The molecule has 1 saturated carbocycles. The fourth-order valence-corrected chi connectivity index (χ4v) is 4.92. The molecule has 0 radical (unpaired) electrons. The van der Waals surface area contributed by atoms with Crippen molar-refractivity contribution < 1.29 is 14.3 Å². The molecule has 1 saturated heterocycles. The molecule has 1 aromatic rings. The largest absolute Gasteiger partial charge is 0.459 e. The van der Waals surface area contributed by atoms with Gasteiger partial charge in [-0.15, -0.1) is 0 Å². The van der Waals surface area contributed by atoms with Crippen LogP contribution in [0.4, 0.5) is 0 Å². The van der Waals surface area contributed by atoms with Crippen molar-refractivity contribution in [2.24, 2.45) is 11.8 Å². The van der Waals surface area contributed by atoms with Crippen LogP contribution in [0.3, 0.4) is 0 Å². The maximum absolute atomic E-state index is 12.7. The van der Waals surface area contributed by atoms with Crippen molar-refractivity contribution in [3.8, 4) is 0 Å². The average molecular weight is 399 g/mol. The molecule has 1 heterocycles. The monoisotopic (exact) mass is 398 g/mol. The third-order valence-corrected chi connectivity index (χ3v) is 7.10. The molecular weight excluding hydrogens is 360 g/mol. The lowest BCUT2D eigenvalue weighted by molar-refractivity contribution is -0.150. The van der Waals surface area contributed by atoms with Gasteiger partial charge in [0.25, 0.3) is 0 Å². The normalized spacial score (nSPS) is 29.4. The van der Waals surface area contributed by atoms with Crippen LogP contribution >= 0.6 is 0 Å². The summed E-state index contributed by atoms with van der Waals surface area (Å²) >= 11 is 0. The summed E-state index contributed by atoms with van der Waals surface area (Å²) in [6, 6.07) is 10.6. The predicted molar refractivity (Wildman–Crippen MR) is 118 cm³/mol. The van der Waals surface area contributed by atoms with E-state index in [0.29, 0.717) is 17.9 Å². The fourth-order valence-electron chi connectivity index (χ4n) is 4.92. The smallest absolute Gasteiger partial charge is 0.330 e. The Morgan fingerprint density at radius 2 is 1.90 bits per heavy atom. The quantitative estimate of drug-likeness (QED) is 0.311. The van der Waals surface area contributed by atoms with E-state index in [4.69, 9.17) is 9.47 Å². The fraction of sp³-hybridized carbons (Fsp3) is 0.654. The zero-order valence-corrected chi connectivity index (χ0v) is 19.0. The van der Waals surface area contributed by atoms with Crippen molar-refractivity contribution >= 4 is 5.97 Å². The topological polar surface area (TPSA) is 38.8 Å². The minimum Gasteiger partial charge on any atom is -0.459 e. The van der Waals surface area contributed by atoms with Gasteiger partial charge in [-0.3, -0.25) is 0 Å². The molecule has 3 heteroatoms. The molecule has 0 bridgehead atoms. The summed E-state index contributed by atoms with van der Waals surface area (Å²) < 4.78 is 11.7. The third kappa shape index (κ3) is 5.51. The highest BCUT2D eigenvalue weighted by Crippen LogP contribution is 2.43. The molecule has 1 aromatic carbocycles. The van der Waals surface area contributed by atoms with Gasteiger partial charge in [0.05, 0.1) is 11.7 Å². The van der Waals surface area contributed by atoms with E-state index in [1.165, 1.54) is 12.0 Å². The van der Waals surface area contributed by atoms with Crippen LogP contribution in [0.25, 0.3) is 0 Å². The minimum atomic E-state index is -0.188. The van der Waals surface area contributed by atoms with E-state index in [9.17, 15) is 4.79 Å². The van der Waals surface area contributed by atoms with Crippen LogP contribution in [0.5, 0.6) is 0 Å². The number of benzene rings is 1. The lowest BCUT2D eigenvalue weighted by atomic mass is 9.64. The van der Waals surface area contributed by atoms with Crippen LogP contribution in [0.15, 0.2) is 42.0 Å². The van der Waals surface area contributed by atoms with E-state index in [-0.39, 0.29) is 23.1 Å². The van der Waals surface area contributed by atoms with Gasteiger partial charge in [-0.25, -0.2) is 4.79 Å². The third-order valence-electron chi connectivity index (χ3n) is 7.10. The maximum atomic E-state index is 12.7. The van der Waals surface area contributed by atoms with Crippen molar-refractivity contribution in [2.45, 2.75) is 96.9 Å². The molecule has 29 heavy (non-hydrogen) atoms. The lowest BCUT2D eigenvalue weighted by Crippen LogP contribution is -2.43. The van der Waals surface area contributed by atoms with Crippen molar-refractivity contribution in [1.29, 1.82) is 0 Å². The van der Waals surface area contributed by atoms with E-state index >= 15 is 0 Å². The number of allylic oxidation sites excluding steroid dienone is 1. The molecule has 3 nitrogen and oxygen atoms in total. The summed E-state index contributed by atoms with van der Waals surface area (Å²) in [4.78, 5) is 12.7. The van der Waals surface area contributed by atoms with Gasteiger partial charge in [0, 0.05) is 12.0 Å². The summed E-state index contributed by atoms with van der Waals surface area (Å²) in [5.74, 6) is 0.737. The Morgan fingerprint density at radius 3 is 2.52 bits per heavy atom. The van der Waals surface area contributed by atoms with Gasteiger partial charge in [-0.1, -0.05) is 63.1 Å². The second kappa shape index (κ2) is 8.63. The molecule has 1 aliphatic heterocycles. The molecule has 4 atom stereocenters. The first-order valence-corrected chi connectivity index (χ1v) is 11.2. The Balaban J connectivity index is 1.64. The van der Waals surface area contributed by atoms with Gasteiger partial charge in [0.15, 0.2) is 0 Å². The number of epoxide rings is 1. The maximum Gasteiger partial charge on any atom is 0.330 e. The van der Waals surface area contributed by atoms with E-state index in [2.05, 4.69) is 65.0 Å². The first kappa shape index (κ1) is 22.1. The Bertz CT molecular complexity index is 732. The standard InChI is InChI=1S/C26H38O3/c1-18-12-14-21(25(3,4)20-10-8-7-9-11-20)22(16-18)28-24(27)17-19(2)13-15-23-26(5,6)29-23/h7-11,17-18,21-23H,12-16H2,1-6H3/b19-17+/t18-,21-,22-,23?/m0/s1. The summed E-state index contributed by atoms with van der Waals surface area (Å²) in [6.07, 6.45) is 7.06. The van der Waals surface area contributed by atoms with Crippen LogP contribution in [0, 0.1) is 11.8 Å². The molecule has 0 amide bonds. The van der Waals surface area contributed by atoms with Crippen molar-refractivity contribution in [2.75, 3.05) is 0 Å². The number of esters is 1. The van der Waals surface area contributed by atoms with Gasteiger partial charge in [0.1, 0.15) is 6.10 Å². The van der Waals surface area contributed by atoms with E-state index < -0.39 is 0 Å². The van der Waals surface area contributed by atoms with Crippen LogP contribution in [-0.2, 0) is 19.7 Å². The van der Waals surface area contributed by atoms with Gasteiger partial charge >= 0.3 is 5.97 Å². The summed E-state index contributed by atoms with van der Waals surface area (Å²) in [7, 11) is 0. The molecule has 3 rings (SSSR count). The number of rotatable bonds is 7. The van der Waals surface area contributed by atoms with Crippen LogP contribution < -0.4 is 0 Å². The molecular formula is C26H38O3. The van der Waals surface area contributed by atoms with Gasteiger partial charge in [-0.05, 0) is 63.4 Å². The Morgan fingerprint density at radius 1 is 1.24 bits per heavy atom. The van der Waals surface area contributed by atoms with Crippen LogP contribution in [0.1, 0.15) is 79.2 Å². The van der Waals surface area contributed by atoms with Crippen LogP contribution in [-0.4, -0.2) is 23.8 Å². The van der Waals surface area contributed by atoms with E-state index in [0.717, 1.165) is 31.3 Å². The van der Waals surface area contributed by atoms with Gasteiger partial charge < -0.3 is 9.47 Å². The number of carbonyl (C=O) groups is 1. The molecule has 0 aromatic heterocycles. The Labute approximate surface area is 176 Å². The predicted octanol–water partition coefficient (Wildman–Crippen LogP) is 6.22. The number of carbonyl (C=O) groups excluding carboxylic acids is 1. The molecule has 160 valence electrons. The second-order valence-electron chi connectivity index (χ2n) is 10.3. The first-order chi connectivity index (χ1) is 13.6. The van der Waals surface area contributed by atoms with E-state index in [1.54, 1.807) is 6.08 Å². The summed E-state index contributed by atoms with van der Waals surface area (Å²) in [5, 5.41) is 0. The lowest BCUT2D eigenvalue weighted by Gasteiger charge is -2.43. The second-order valence-corrected chi connectivity index (χ2v) is 10.3. The van der Waals surface area contributed by atoms with Gasteiger partial charge in [-0.2, -0.15) is 0 Å². The highest BCUT2D eigenvalue weighted by Gasteiger charge is 2.47. The number of hydrogen-bond donors (Lipinski definition) is 0. The van der Waals surface area contributed by atoms with Crippen molar-refractivity contribution in [3.05, 3.63) is 47.5 Å². The van der Waals surface area contributed by atoms with Crippen molar-refractivity contribution in [1.82, 2.24) is 0 Å². The highest BCUT2D eigenvalue weighted by atomic mass is 16.6. The Hall–Kier alpha value is -1.61. The summed E-state index contributed by atoms with van der Waals surface area (Å²) in [5.41, 5.74) is 2.37. The minimum absolute atomic E-state index is 0.00919. The summed E-state index contributed by atoms with van der Waals surface area (Å²) in [6.45, 7) is 13.1. The SMILES string of the molecule is C/C(=C\C(=O)O[C@H]1C[C@@H](C)CC[C@@H]1C(C)(C)c1ccccc1)CCC1OC1(C)C. The van der Waals surface area contributed by atoms with E-state index in [1.807, 2.05) is 6.92 Å². The Kier molecular flexibility index (Phi) is 6.57. The highest BCUT2D eigenvalue weighted by molar-refractivity contribution is 5.82.